The number of hydrogen-bond donors (Lipinski definition) is 1. The lowest BCUT2D eigenvalue weighted by Gasteiger charge is -2.41. The fourth-order valence-corrected chi connectivity index (χ4v) is 3.59. The minimum Gasteiger partial charge on any atom is -0.310 e. The van der Waals surface area contributed by atoms with Gasteiger partial charge in [-0.1, -0.05) is 29.8 Å². The first-order chi connectivity index (χ1) is 9.20. The van der Waals surface area contributed by atoms with Gasteiger partial charge >= 0.3 is 0 Å². The molecular formula is C17H26N2. The Morgan fingerprint density at radius 3 is 2.79 bits per heavy atom. The average Bonchev–Trinajstić information content (AvgIpc) is 2.33. The van der Waals surface area contributed by atoms with E-state index < -0.39 is 0 Å². The first-order valence-corrected chi connectivity index (χ1v) is 7.72. The van der Waals surface area contributed by atoms with E-state index in [2.05, 4.69) is 48.5 Å². The highest BCUT2D eigenvalue weighted by molar-refractivity contribution is 5.27. The molecular weight excluding hydrogens is 232 g/mol. The van der Waals surface area contributed by atoms with Gasteiger partial charge in [-0.3, -0.25) is 0 Å². The van der Waals surface area contributed by atoms with E-state index >= 15 is 0 Å². The van der Waals surface area contributed by atoms with E-state index in [9.17, 15) is 0 Å². The minimum absolute atomic E-state index is 0.724. The lowest BCUT2D eigenvalue weighted by molar-refractivity contribution is 0.185. The maximum atomic E-state index is 3.86. The van der Waals surface area contributed by atoms with Crippen molar-refractivity contribution in [1.29, 1.82) is 0 Å². The van der Waals surface area contributed by atoms with Gasteiger partial charge in [-0.05, 0) is 57.7 Å². The van der Waals surface area contributed by atoms with Crippen molar-refractivity contribution in [2.24, 2.45) is 0 Å². The summed E-state index contributed by atoms with van der Waals surface area (Å²) in [7, 11) is 2.24. The fraction of sp³-hybridized carbons (Fsp3) is 0.647. The molecule has 104 valence electrons. The molecule has 1 atom stereocenters. The molecule has 1 heterocycles. The van der Waals surface area contributed by atoms with Crippen molar-refractivity contribution in [2.45, 2.75) is 50.6 Å². The molecule has 1 saturated carbocycles. The summed E-state index contributed by atoms with van der Waals surface area (Å²) in [6, 6.07) is 10.5. The molecule has 2 nitrogen and oxygen atoms in total. The zero-order valence-corrected chi connectivity index (χ0v) is 12.2. The quantitative estimate of drug-likeness (QED) is 0.897. The molecule has 1 aliphatic carbocycles. The molecule has 1 aromatic carbocycles. The van der Waals surface area contributed by atoms with Gasteiger partial charge < -0.3 is 10.2 Å². The molecule has 1 saturated heterocycles. The highest BCUT2D eigenvalue weighted by atomic mass is 15.1. The Hall–Kier alpha value is -0.860. The second-order valence-electron chi connectivity index (χ2n) is 6.55. The van der Waals surface area contributed by atoms with Gasteiger partial charge in [0.05, 0.1) is 0 Å². The van der Waals surface area contributed by atoms with E-state index in [1.807, 2.05) is 0 Å². The van der Waals surface area contributed by atoms with Crippen LogP contribution < -0.4 is 5.32 Å². The number of nitrogens with one attached hydrogen (secondary N) is 1. The zero-order valence-electron chi connectivity index (χ0n) is 12.2. The summed E-state index contributed by atoms with van der Waals surface area (Å²) in [5, 5.41) is 3.86. The Kier molecular flexibility index (Phi) is 3.90. The summed E-state index contributed by atoms with van der Waals surface area (Å²) in [6.45, 7) is 4.69. The van der Waals surface area contributed by atoms with Crippen LogP contribution in [0.1, 0.15) is 42.7 Å². The van der Waals surface area contributed by atoms with Gasteiger partial charge in [-0.15, -0.1) is 0 Å². The SMILES string of the molecule is Cc1cccc(C2CC(NC3CCCN(C)C3)C2)c1. The van der Waals surface area contributed by atoms with Crippen LogP contribution in [0.3, 0.4) is 0 Å². The molecule has 1 aromatic rings. The third-order valence-corrected chi connectivity index (χ3v) is 4.75. The number of likely N-dealkylation sites (tertiary alicyclic amines) is 1. The Bertz CT molecular complexity index is 423. The van der Waals surface area contributed by atoms with Crippen molar-refractivity contribution in [3.8, 4) is 0 Å². The van der Waals surface area contributed by atoms with Crippen molar-refractivity contribution in [2.75, 3.05) is 20.1 Å². The highest BCUT2D eigenvalue weighted by Gasteiger charge is 2.32. The predicted octanol–water partition coefficient (Wildman–Crippen LogP) is 2.92. The van der Waals surface area contributed by atoms with Gasteiger partial charge in [0.15, 0.2) is 0 Å². The van der Waals surface area contributed by atoms with Gasteiger partial charge in [-0.2, -0.15) is 0 Å². The molecule has 0 spiro atoms. The van der Waals surface area contributed by atoms with Crippen LogP contribution in [-0.2, 0) is 0 Å². The number of rotatable bonds is 3. The molecule has 0 radical (unpaired) electrons. The normalized spacial score (nSPS) is 32.0. The monoisotopic (exact) mass is 258 g/mol. The first-order valence-electron chi connectivity index (χ1n) is 7.72. The van der Waals surface area contributed by atoms with Gasteiger partial charge in [-0.25, -0.2) is 0 Å². The molecule has 0 bridgehead atoms. The molecule has 2 fully saturated rings. The number of aryl methyl sites for hydroxylation is 1. The van der Waals surface area contributed by atoms with E-state index in [1.165, 1.54) is 44.3 Å². The zero-order chi connectivity index (χ0) is 13.2. The Morgan fingerprint density at radius 1 is 1.21 bits per heavy atom. The summed E-state index contributed by atoms with van der Waals surface area (Å²) < 4.78 is 0. The van der Waals surface area contributed by atoms with Crippen LogP contribution >= 0.6 is 0 Å². The Balaban J connectivity index is 1.47. The molecule has 1 N–H and O–H groups in total. The molecule has 2 heteroatoms. The Labute approximate surface area is 117 Å². The smallest absolute Gasteiger partial charge is 0.0197 e. The average molecular weight is 258 g/mol. The first kappa shape index (κ1) is 13.1. The van der Waals surface area contributed by atoms with E-state index in [-0.39, 0.29) is 0 Å². The van der Waals surface area contributed by atoms with E-state index in [0.29, 0.717) is 0 Å². The third-order valence-electron chi connectivity index (χ3n) is 4.75. The summed E-state index contributed by atoms with van der Waals surface area (Å²) >= 11 is 0. The topological polar surface area (TPSA) is 15.3 Å². The van der Waals surface area contributed by atoms with Crippen LogP contribution in [0, 0.1) is 6.92 Å². The van der Waals surface area contributed by atoms with Crippen LogP contribution in [-0.4, -0.2) is 37.1 Å². The van der Waals surface area contributed by atoms with Crippen LogP contribution in [0.15, 0.2) is 24.3 Å². The second-order valence-corrected chi connectivity index (χ2v) is 6.55. The van der Waals surface area contributed by atoms with Crippen molar-refractivity contribution in [3.63, 3.8) is 0 Å². The molecule has 3 rings (SSSR count). The molecule has 1 aliphatic heterocycles. The number of piperidine rings is 1. The highest BCUT2D eigenvalue weighted by Crippen LogP contribution is 2.37. The summed E-state index contributed by atoms with van der Waals surface area (Å²) in [5.41, 5.74) is 2.93. The van der Waals surface area contributed by atoms with Crippen molar-refractivity contribution in [3.05, 3.63) is 35.4 Å². The second kappa shape index (κ2) is 5.64. The summed E-state index contributed by atoms with van der Waals surface area (Å²) in [4.78, 5) is 2.46. The molecule has 1 unspecified atom stereocenters. The van der Waals surface area contributed by atoms with Crippen molar-refractivity contribution >= 4 is 0 Å². The van der Waals surface area contributed by atoms with Crippen LogP contribution in [0.25, 0.3) is 0 Å². The van der Waals surface area contributed by atoms with Crippen molar-refractivity contribution < 1.29 is 0 Å². The van der Waals surface area contributed by atoms with E-state index in [0.717, 1.165) is 18.0 Å². The number of hydrogen-bond acceptors (Lipinski definition) is 2. The maximum Gasteiger partial charge on any atom is 0.0197 e. The summed E-state index contributed by atoms with van der Waals surface area (Å²) in [6.07, 6.45) is 5.35. The van der Waals surface area contributed by atoms with Gasteiger partial charge in [0, 0.05) is 18.6 Å². The molecule has 0 aromatic heterocycles. The Morgan fingerprint density at radius 2 is 2.05 bits per heavy atom. The number of nitrogens with zero attached hydrogens (tertiary/aromatic N) is 1. The lowest BCUT2D eigenvalue weighted by Crippen LogP contribution is -2.51. The summed E-state index contributed by atoms with van der Waals surface area (Å²) in [5.74, 6) is 0.790. The standard InChI is InChI=1S/C17H26N2/c1-13-5-3-6-14(9-13)15-10-17(11-15)18-16-7-4-8-19(2)12-16/h3,5-6,9,15-18H,4,7-8,10-12H2,1-2H3. The van der Waals surface area contributed by atoms with Crippen LogP contribution in [0.4, 0.5) is 0 Å². The van der Waals surface area contributed by atoms with Crippen LogP contribution in [0.5, 0.6) is 0 Å². The molecule has 19 heavy (non-hydrogen) atoms. The number of benzene rings is 1. The van der Waals surface area contributed by atoms with E-state index in [4.69, 9.17) is 0 Å². The molecule has 0 amide bonds. The minimum atomic E-state index is 0.724. The lowest BCUT2D eigenvalue weighted by atomic mass is 9.75. The van der Waals surface area contributed by atoms with Crippen molar-refractivity contribution in [1.82, 2.24) is 10.2 Å². The third kappa shape index (κ3) is 3.18. The van der Waals surface area contributed by atoms with Crippen LogP contribution in [0.2, 0.25) is 0 Å². The fourth-order valence-electron chi connectivity index (χ4n) is 3.59. The molecule has 2 aliphatic rings. The largest absolute Gasteiger partial charge is 0.310 e. The predicted molar refractivity (Wildman–Crippen MR) is 80.6 cm³/mol. The van der Waals surface area contributed by atoms with Gasteiger partial charge in [0.2, 0.25) is 0 Å². The number of likely N-dealkylation sites (N-methyl/N-ethyl adjacent to an activating group) is 1. The van der Waals surface area contributed by atoms with E-state index in [1.54, 1.807) is 5.56 Å². The van der Waals surface area contributed by atoms with Gasteiger partial charge in [0.1, 0.15) is 0 Å². The maximum absolute atomic E-state index is 3.86. The van der Waals surface area contributed by atoms with Gasteiger partial charge in [0.25, 0.3) is 0 Å².